The Hall–Kier alpha value is -1.38. The molecule has 0 heterocycles. The van der Waals surface area contributed by atoms with Crippen LogP contribution in [0.3, 0.4) is 0 Å². The van der Waals surface area contributed by atoms with E-state index in [0.29, 0.717) is 23.5 Å². The number of hydrogen-bond donors (Lipinski definition) is 2. The maximum atomic E-state index is 15.3. The second kappa shape index (κ2) is 19.8. The van der Waals surface area contributed by atoms with Crippen LogP contribution in [-0.2, 0) is 45.6 Å². The van der Waals surface area contributed by atoms with Crippen LogP contribution in [0.15, 0.2) is 156 Å². The lowest BCUT2D eigenvalue weighted by Crippen LogP contribution is -2.65. The van der Waals surface area contributed by atoms with Gasteiger partial charge in [0, 0.05) is 52.5 Å². The first-order chi connectivity index (χ1) is 29.1. The molecule has 0 radical (unpaired) electrons. The van der Waals surface area contributed by atoms with Crippen LogP contribution < -0.4 is 9.44 Å². The van der Waals surface area contributed by atoms with E-state index in [1.54, 1.807) is 86.6 Å². The van der Waals surface area contributed by atoms with Gasteiger partial charge in [-0.2, -0.15) is 13.3 Å². The molecule has 1 aliphatic carbocycles. The first-order valence-electron chi connectivity index (χ1n) is 18.7. The van der Waals surface area contributed by atoms with E-state index in [1.807, 2.05) is 0 Å². The van der Waals surface area contributed by atoms with E-state index in [2.05, 4.69) is 105 Å². The van der Waals surface area contributed by atoms with Crippen LogP contribution in [0.5, 0.6) is 0 Å². The fourth-order valence-electron chi connectivity index (χ4n) is 7.55. The topological polar surface area (TPSA) is 167 Å². The van der Waals surface area contributed by atoms with Crippen molar-refractivity contribution >= 4 is 136 Å². The Morgan fingerprint density at radius 1 is 0.613 bits per heavy atom. The Morgan fingerprint density at radius 2 is 1.10 bits per heavy atom. The Labute approximate surface area is 413 Å². The molecule has 22 heteroatoms. The molecule has 3 atom stereocenters. The molecule has 0 aromatic heterocycles. The van der Waals surface area contributed by atoms with E-state index >= 15 is 8.42 Å². The molecule has 0 bridgehead atoms. The van der Waals surface area contributed by atoms with E-state index in [4.69, 9.17) is 0 Å². The van der Waals surface area contributed by atoms with E-state index in [-0.39, 0.29) is 60.0 Å². The summed E-state index contributed by atoms with van der Waals surface area (Å²) in [7, 11) is -17.8. The number of hydrogen-bond acceptors (Lipinski definition) is 8. The molecule has 0 saturated heterocycles. The zero-order valence-electron chi connectivity index (χ0n) is 32.6. The fourth-order valence-corrected chi connectivity index (χ4v) is 16.8. The van der Waals surface area contributed by atoms with E-state index in [0.717, 1.165) is 8.61 Å². The molecule has 6 rings (SSSR count). The summed E-state index contributed by atoms with van der Waals surface area (Å²) in [6.45, 7) is 2.25. The molecule has 0 fully saturated rings. The molecular formula is C40H38Br6N4O8S4. The lowest BCUT2D eigenvalue weighted by Gasteiger charge is -2.50. The molecular weight excluding hydrogens is 1270 g/mol. The van der Waals surface area contributed by atoms with Gasteiger partial charge < -0.3 is 0 Å². The van der Waals surface area contributed by atoms with Gasteiger partial charge in [0.1, 0.15) is 0 Å². The molecule has 2 N–H and O–H groups in total. The van der Waals surface area contributed by atoms with Crippen molar-refractivity contribution in [1.29, 1.82) is 0 Å². The molecule has 0 saturated carbocycles. The zero-order valence-corrected chi connectivity index (χ0v) is 45.4. The Kier molecular flexibility index (Phi) is 16.0. The first-order valence-corrected chi connectivity index (χ1v) is 29.3. The third-order valence-corrected chi connectivity index (χ3v) is 21.4. The Morgan fingerprint density at radius 3 is 1.61 bits per heavy atom. The third kappa shape index (κ3) is 10.4. The monoisotopic (exact) mass is 1300 g/mol. The van der Waals surface area contributed by atoms with Gasteiger partial charge in [-0.1, -0.05) is 102 Å². The molecule has 1 aliphatic rings. The number of likely N-dealkylation sites (N-methyl/N-ethyl adjacent to an activating group) is 2. The summed E-state index contributed by atoms with van der Waals surface area (Å²) in [4.78, 5) is -0.416. The van der Waals surface area contributed by atoms with Crippen LogP contribution in [0.4, 0.5) is 0 Å². The van der Waals surface area contributed by atoms with Crippen LogP contribution >= 0.6 is 95.6 Å². The van der Waals surface area contributed by atoms with Crippen molar-refractivity contribution in [3.63, 3.8) is 0 Å². The van der Waals surface area contributed by atoms with E-state index in [9.17, 15) is 25.3 Å². The van der Waals surface area contributed by atoms with Crippen molar-refractivity contribution < 1.29 is 33.7 Å². The van der Waals surface area contributed by atoms with Gasteiger partial charge in [-0.15, -0.1) is 0 Å². The standard InChI is InChI=1S/C40H38Br6N4O8S4/c1-3-49(61(55,56)37-23-28(43)13-19-34(37)45)25-39(50(4-2)62(57,58)38-24-29(44)14-20-35(38)46)40(48-60(53,54)31-17-11-27(42)12-18-31)22-21-36(32-7-5-6-8-33(32)40)47-59(51,52)30-15-9-26(41)10-16-30/h5-20,23-24,36,39,47-48H,3-4,21-22,25H2,1-2H3. The summed E-state index contributed by atoms with van der Waals surface area (Å²) in [5, 5.41) is 0. The summed E-state index contributed by atoms with van der Waals surface area (Å²) in [5.41, 5.74) is -1.33. The highest BCUT2D eigenvalue weighted by molar-refractivity contribution is 9.11. The SMILES string of the molecule is CCN(CC(N(CC)S(=O)(=O)c1cc(Br)ccc1Br)C1(NS(=O)(=O)c2ccc(Br)cc2)CCC(NS(=O)(=O)c2ccc(Br)cc2)c2ccccc21)S(=O)(=O)c1cc(Br)ccc1Br. The molecule has 332 valence electrons. The second-order valence-corrected chi connectivity index (χ2v) is 26.6. The number of halogens is 6. The molecule has 0 spiro atoms. The van der Waals surface area contributed by atoms with Crippen molar-refractivity contribution in [2.75, 3.05) is 19.6 Å². The summed E-state index contributed by atoms with van der Waals surface area (Å²) in [5.74, 6) is 0. The van der Waals surface area contributed by atoms with Gasteiger partial charge in [-0.25, -0.2) is 38.4 Å². The number of nitrogens with one attached hydrogen (secondary N) is 2. The van der Waals surface area contributed by atoms with Crippen LogP contribution in [0.1, 0.15) is 43.9 Å². The van der Waals surface area contributed by atoms with Crippen molar-refractivity contribution in [3.8, 4) is 0 Å². The van der Waals surface area contributed by atoms with E-state index in [1.165, 1.54) is 36.4 Å². The predicted molar refractivity (Wildman–Crippen MR) is 260 cm³/mol. The fraction of sp³-hybridized carbons (Fsp3) is 0.250. The average molecular weight is 1310 g/mol. The quantitative estimate of drug-likeness (QED) is 0.0985. The molecule has 5 aromatic rings. The zero-order chi connectivity index (χ0) is 45.4. The van der Waals surface area contributed by atoms with E-state index < -0.39 is 64.3 Å². The van der Waals surface area contributed by atoms with Gasteiger partial charge in [-0.05, 0) is 141 Å². The molecule has 12 nitrogen and oxygen atoms in total. The van der Waals surface area contributed by atoms with Crippen molar-refractivity contribution in [1.82, 2.24) is 18.1 Å². The number of fused-ring (bicyclic) bond motifs is 1. The maximum absolute atomic E-state index is 15.3. The minimum atomic E-state index is -4.62. The molecule has 0 aliphatic heterocycles. The molecule has 5 aromatic carbocycles. The molecule has 0 amide bonds. The van der Waals surface area contributed by atoms with Crippen molar-refractivity contribution in [2.24, 2.45) is 0 Å². The van der Waals surface area contributed by atoms with Gasteiger partial charge >= 0.3 is 0 Å². The number of benzene rings is 5. The third-order valence-electron chi connectivity index (χ3n) is 10.5. The highest BCUT2D eigenvalue weighted by Gasteiger charge is 2.54. The summed E-state index contributed by atoms with van der Waals surface area (Å²) in [6, 6.07) is 25.4. The normalized spacial score (nSPS) is 17.9. The van der Waals surface area contributed by atoms with Gasteiger partial charge in [0.2, 0.25) is 40.1 Å². The first kappa shape index (κ1) is 50.0. The molecule has 3 unspecified atom stereocenters. The van der Waals surface area contributed by atoms with Crippen molar-refractivity contribution in [2.45, 2.75) is 63.9 Å². The summed E-state index contributed by atoms with van der Waals surface area (Å²) < 4.78 is 128. The average Bonchev–Trinajstić information content (AvgIpc) is 3.22. The highest BCUT2D eigenvalue weighted by atomic mass is 79.9. The van der Waals surface area contributed by atoms with Crippen LogP contribution in [0.2, 0.25) is 0 Å². The smallest absolute Gasteiger partial charge is 0.207 e. The highest BCUT2D eigenvalue weighted by Crippen LogP contribution is 2.47. The maximum Gasteiger partial charge on any atom is 0.244 e. The van der Waals surface area contributed by atoms with Crippen LogP contribution in [0.25, 0.3) is 0 Å². The van der Waals surface area contributed by atoms with Gasteiger partial charge in [0.05, 0.1) is 31.2 Å². The summed E-state index contributed by atoms with van der Waals surface area (Å²) in [6.07, 6.45) is -0.234. The largest absolute Gasteiger partial charge is 0.244 e. The van der Waals surface area contributed by atoms with Crippen molar-refractivity contribution in [3.05, 3.63) is 147 Å². The minimum absolute atomic E-state index is 0.00538. The predicted octanol–water partition coefficient (Wildman–Crippen LogP) is 10.0. The Balaban J connectivity index is 1.65. The lowest BCUT2D eigenvalue weighted by molar-refractivity contribution is 0.137. The van der Waals surface area contributed by atoms with Gasteiger partial charge in [-0.3, -0.25) is 0 Å². The number of sulfonamides is 4. The van der Waals surface area contributed by atoms with Gasteiger partial charge in [0.15, 0.2) is 0 Å². The second-order valence-electron chi connectivity index (χ2n) is 14.1. The lowest BCUT2D eigenvalue weighted by atomic mass is 9.71. The van der Waals surface area contributed by atoms with Gasteiger partial charge in [0.25, 0.3) is 0 Å². The number of nitrogens with zero attached hydrogens (tertiary/aromatic N) is 2. The summed E-state index contributed by atoms with van der Waals surface area (Å²) >= 11 is 20.3. The van der Waals surface area contributed by atoms with Crippen LogP contribution in [-0.4, -0.2) is 68.0 Å². The molecule has 62 heavy (non-hydrogen) atoms. The Bertz CT molecular complexity index is 2930. The number of rotatable bonds is 16. The van der Waals surface area contributed by atoms with Crippen LogP contribution in [0, 0.1) is 0 Å². The minimum Gasteiger partial charge on any atom is -0.207 e.